The molecule has 144 valence electrons. The van der Waals surface area contributed by atoms with E-state index in [-0.39, 0.29) is 16.9 Å². The molecular weight excluding hydrogens is 355 g/mol. The smallest absolute Gasteiger partial charge is 0.399 e. The Morgan fingerprint density at radius 3 is 2.12 bits per heavy atom. The van der Waals surface area contributed by atoms with Crippen LogP contribution in [-0.2, 0) is 28.6 Å². The van der Waals surface area contributed by atoms with Crippen molar-refractivity contribution in [3.8, 4) is 0 Å². The fourth-order valence-corrected chi connectivity index (χ4v) is 3.97. The minimum atomic E-state index is -3.49. The molecule has 0 aromatic heterocycles. The summed E-state index contributed by atoms with van der Waals surface area (Å²) in [4.78, 5) is 0.241. The Hall–Kier alpha value is -0.925. The van der Waals surface area contributed by atoms with Crippen LogP contribution in [-0.4, -0.2) is 52.0 Å². The summed E-state index contributed by atoms with van der Waals surface area (Å²) in [6, 6.07) is 6.65. The van der Waals surface area contributed by atoms with Crippen LogP contribution < -0.4 is 5.46 Å². The molecule has 2 saturated heterocycles. The second-order valence-corrected chi connectivity index (χ2v) is 9.80. The summed E-state index contributed by atoms with van der Waals surface area (Å²) in [6.45, 7) is 9.18. The van der Waals surface area contributed by atoms with Crippen LogP contribution in [0.1, 0.15) is 40.5 Å². The van der Waals surface area contributed by atoms with Crippen LogP contribution in [0.5, 0.6) is 0 Å². The van der Waals surface area contributed by atoms with Crippen molar-refractivity contribution in [2.75, 3.05) is 19.2 Å². The van der Waals surface area contributed by atoms with E-state index in [4.69, 9.17) is 18.8 Å². The van der Waals surface area contributed by atoms with Crippen LogP contribution >= 0.6 is 0 Å². The Labute approximate surface area is 156 Å². The Balaban J connectivity index is 1.65. The third-order valence-corrected chi connectivity index (χ3v) is 6.83. The van der Waals surface area contributed by atoms with Gasteiger partial charge in [0, 0.05) is 13.2 Å². The topological polar surface area (TPSA) is 71.1 Å². The lowest BCUT2D eigenvalue weighted by Crippen LogP contribution is -2.41. The van der Waals surface area contributed by atoms with Crippen molar-refractivity contribution in [3.05, 3.63) is 24.3 Å². The van der Waals surface area contributed by atoms with Gasteiger partial charge in [-0.05, 0) is 58.1 Å². The fraction of sp³-hybridized carbons (Fsp3) is 0.667. The maximum absolute atomic E-state index is 12.5. The van der Waals surface area contributed by atoms with Gasteiger partial charge in [-0.1, -0.05) is 12.1 Å². The van der Waals surface area contributed by atoms with Crippen molar-refractivity contribution in [2.45, 2.75) is 62.7 Å². The van der Waals surface area contributed by atoms with Crippen molar-refractivity contribution in [3.63, 3.8) is 0 Å². The van der Waals surface area contributed by atoms with Gasteiger partial charge in [0.2, 0.25) is 9.84 Å². The highest BCUT2D eigenvalue weighted by Crippen LogP contribution is 2.36. The van der Waals surface area contributed by atoms with Crippen LogP contribution in [0.4, 0.5) is 0 Å². The van der Waals surface area contributed by atoms with E-state index in [2.05, 4.69) is 0 Å². The molecule has 0 atom stereocenters. The SMILES string of the molecule is CC1(C)OB(c2ccc(S(=O)(=O)COC3CCOCC3)cc2)OC1(C)C. The standard InChI is InChI=1S/C18H27BO6S/c1-17(2)18(3,4)25-19(24-17)14-5-7-16(8-6-14)26(20,21)13-23-15-9-11-22-12-10-15/h5-8,15H,9-13H2,1-4H3. The molecule has 2 aliphatic heterocycles. The molecule has 3 rings (SSSR count). The van der Waals surface area contributed by atoms with Gasteiger partial charge in [0.05, 0.1) is 22.2 Å². The summed E-state index contributed by atoms with van der Waals surface area (Å²) in [6.07, 6.45) is 1.41. The van der Waals surface area contributed by atoms with Gasteiger partial charge in [0.25, 0.3) is 0 Å². The normalized spacial score (nSPS) is 23.3. The zero-order valence-corrected chi connectivity index (χ0v) is 16.7. The zero-order chi connectivity index (χ0) is 19.0. The maximum atomic E-state index is 12.5. The van der Waals surface area contributed by atoms with Crippen molar-refractivity contribution < 1.29 is 27.2 Å². The Kier molecular flexibility index (Phi) is 5.52. The average molecular weight is 382 g/mol. The quantitative estimate of drug-likeness (QED) is 0.725. The monoisotopic (exact) mass is 382 g/mol. The van der Waals surface area contributed by atoms with Gasteiger partial charge in [0.1, 0.15) is 0 Å². The highest BCUT2D eigenvalue weighted by atomic mass is 32.2. The Bertz CT molecular complexity index is 707. The van der Waals surface area contributed by atoms with Crippen molar-refractivity contribution >= 4 is 22.4 Å². The molecule has 26 heavy (non-hydrogen) atoms. The Morgan fingerprint density at radius 2 is 1.58 bits per heavy atom. The van der Waals surface area contributed by atoms with Gasteiger partial charge in [-0.2, -0.15) is 0 Å². The number of hydrogen-bond donors (Lipinski definition) is 0. The molecular formula is C18H27BO6S. The molecule has 0 aliphatic carbocycles. The number of ether oxygens (including phenoxy) is 2. The second kappa shape index (κ2) is 7.24. The molecule has 2 heterocycles. The molecule has 6 nitrogen and oxygen atoms in total. The van der Waals surface area contributed by atoms with Gasteiger partial charge < -0.3 is 18.8 Å². The molecule has 1 aromatic carbocycles. The highest BCUT2D eigenvalue weighted by Gasteiger charge is 2.51. The van der Waals surface area contributed by atoms with Gasteiger partial charge >= 0.3 is 7.12 Å². The molecule has 0 spiro atoms. The first-order valence-corrected chi connectivity index (χ1v) is 10.6. The van der Waals surface area contributed by atoms with E-state index >= 15 is 0 Å². The first kappa shape index (κ1) is 19.8. The van der Waals surface area contributed by atoms with Crippen molar-refractivity contribution in [2.24, 2.45) is 0 Å². The number of sulfone groups is 1. The molecule has 8 heteroatoms. The van der Waals surface area contributed by atoms with E-state index in [1.165, 1.54) is 0 Å². The van der Waals surface area contributed by atoms with Gasteiger partial charge in [-0.15, -0.1) is 0 Å². The van der Waals surface area contributed by atoms with E-state index < -0.39 is 28.2 Å². The molecule has 2 aliphatic rings. The summed E-state index contributed by atoms with van der Waals surface area (Å²) < 4.78 is 47.8. The lowest BCUT2D eigenvalue weighted by molar-refractivity contribution is -0.0168. The molecule has 2 fully saturated rings. The van der Waals surface area contributed by atoms with Gasteiger partial charge in [-0.25, -0.2) is 8.42 Å². The van der Waals surface area contributed by atoms with Crippen LogP contribution in [0.3, 0.4) is 0 Å². The zero-order valence-electron chi connectivity index (χ0n) is 15.9. The van der Waals surface area contributed by atoms with E-state index in [9.17, 15) is 8.42 Å². The van der Waals surface area contributed by atoms with E-state index in [1.807, 2.05) is 27.7 Å². The summed E-state index contributed by atoms with van der Waals surface area (Å²) in [5, 5.41) is 0. The third-order valence-electron chi connectivity index (χ3n) is 5.39. The summed E-state index contributed by atoms with van der Waals surface area (Å²) in [7, 11) is -3.99. The molecule has 0 unspecified atom stereocenters. The minimum Gasteiger partial charge on any atom is -0.399 e. The minimum absolute atomic E-state index is 0.0532. The summed E-state index contributed by atoms with van der Waals surface area (Å²) in [5.74, 6) is -0.312. The first-order valence-electron chi connectivity index (χ1n) is 8.98. The summed E-state index contributed by atoms with van der Waals surface area (Å²) >= 11 is 0. The predicted octanol–water partition coefficient (Wildman–Crippen LogP) is 1.91. The highest BCUT2D eigenvalue weighted by molar-refractivity contribution is 7.91. The second-order valence-electron chi connectivity index (χ2n) is 7.87. The van der Waals surface area contributed by atoms with Gasteiger partial charge in [-0.3, -0.25) is 0 Å². The van der Waals surface area contributed by atoms with E-state index in [0.717, 1.165) is 18.3 Å². The van der Waals surface area contributed by atoms with Crippen LogP contribution in [0, 0.1) is 0 Å². The first-order chi connectivity index (χ1) is 12.1. The molecule has 0 amide bonds. The summed E-state index contributed by atoms with van der Waals surface area (Å²) in [5.41, 5.74) is -0.0622. The predicted molar refractivity (Wildman–Crippen MR) is 99.1 cm³/mol. The average Bonchev–Trinajstić information content (AvgIpc) is 2.82. The molecule has 0 radical (unpaired) electrons. The lowest BCUT2D eigenvalue weighted by atomic mass is 9.79. The largest absolute Gasteiger partial charge is 0.494 e. The fourth-order valence-electron chi connectivity index (χ4n) is 2.91. The van der Waals surface area contributed by atoms with Crippen molar-refractivity contribution in [1.82, 2.24) is 0 Å². The Morgan fingerprint density at radius 1 is 1.04 bits per heavy atom. The molecule has 1 aromatic rings. The third kappa shape index (κ3) is 4.15. The van der Waals surface area contributed by atoms with Crippen molar-refractivity contribution in [1.29, 1.82) is 0 Å². The van der Waals surface area contributed by atoms with E-state index in [0.29, 0.717) is 13.2 Å². The van der Waals surface area contributed by atoms with Crippen LogP contribution in [0.25, 0.3) is 0 Å². The molecule has 0 N–H and O–H groups in total. The van der Waals surface area contributed by atoms with Crippen LogP contribution in [0.15, 0.2) is 29.2 Å². The van der Waals surface area contributed by atoms with E-state index in [1.54, 1.807) is 24.3 Å². The number of benzene rings is 1. The van der Waals surface area contributed by atoms with Gasteiger partial charge in [0.15, 0.2) is 5.94 Å². The number of rotatable bonds is 5. The molecule has 0 bridgehead atoms. The lowest BCUT2D eigenvalue weighted by Gasteiger charge is -2.32. The maximum Gasteiger partial charge on any atom is 0.494 e. The number of hydrogen-bond acceptors (Lipinski definition) is 6. The molecule has 0 saturated carbocycles. The van der Waals surface area contributed by atoms with Crippen LogP contribution in [0.2, 0.25) is 0 Å².